The van der Waals surface area contributed by atoms with E-state index in [0.717, 1.165) is 11.3 Å². The number of amides is 1. The van der Waals surface area contributed by atoms with Crippen LogP contribution in [0, 0.1) is 0 Å². The maximum absolute atomic E-state index is 12.5. The van der Waals surface area contributed by atoms with Crippen molar-refractivity contribution < 1.29 is 22.7 Å². The summed E-state index contributed by atoms with van der Waals surface area (Å²) in [6.45, 7) is -0.633. The molecule has 0 spiro atoms. The Morgan fingerprint density at radius 2 is 1.87 bits per heavy atom. The standard InChI is InChI=1S/C21H23F3N4O2.HI/c1-25-20(26-11-14-6-2-5-9-18(14)30-13-21(22,23)24)27-12-15-10-19(29)28-17-8-4-3-7-16(15)17;/h2-9,15H,10-13H2,1H3,(H,28,29)(H2,25,26,27);1H. The first kappa shape index (κ1) is 24.8. The molecule has 31 heavy (non-hydrogen) atoms. The molecule has 1 unspecified atom stereocenters. The van der Waals surface area contributed by atoms with Crippen LogP contribution in [0.15, 0.2) is 53.5 Å². The summed E-state index contributed by atoms with van der Waals surface area (Å²) < 4.78 is 42.3. The number of anilines is 1. The Labute approximate surface area is 195 Å². The molecule has 6 nitrogen and oxygen atoms in total. The molecule has 2 aromatic rings. The van der Waals surface area contributed by atoms with Crippen molar-refractivity contribution in [3.8, 4) is 5.75 Å². The van der Waals surface area contributed by atoms with Gasteiger partial charge in [-0.25, -0.2) is 0 Å². The number of carbonyl (C=O) groups is 1. The maximum Gasteiger partial charge on any atom is 0.422 e. The van der Waals surface area contributed by atoms with Gasteiger partial charge in [-0.1, -0.05) is 36.4 Å². The zero-order valence-corrected chi connectivity index (χ0v) is 19.2. The topological polar surface area (TPSA) is 74.8 Å². The zero-order valence-electron chi connectivity index (χ0n) is 16.8. The minimum atomic E-state index is -4.40. The summed E-state index contributed by atoms with van der Waals surface area (Å²) in [5.74, 6) is 0.579. The molecule has 10 heteroatoms. The van der Waals surface area contributed by atoms with Crippen LogP contribution in [0.2, 0.25) is 0 Å². The lowest BCUT2D eigenvalue weighted by Gasteiger charge is -2.26. The van der Waals surface area contributed by atoms with Crippen LogP contribution in [0.25, 0.3) is 0 Å². The van der Waals surface area contributed by atoms with E-state index in [0.29, 0.717) is 24.5 Å². The first-order valence-corrected chi connectivity index (χ1v) is 9.46. The van der Waals surface area contributed by atoms with Crippen LogP contribution in [-0.2, 0) is 11.3 Å². The number of aliphatic imine (C=N–C) groups is 1. The molecule has 0 aliphatic carbocycles. The monoisotopic (exact) mass is 548 g/mol. The highest BCUT2D eigenvalue weighted by Gasteiger charge is 2.29. The third kappa shape index (κ3) is 7.30. The average Bonchev–Trinajstić information content (AvgIpc) is 2.72. The first-order valence-electron chi connectivity index (χ1n) is 9.46. The number of fused-ring (bicyclic) bond motifs is 1. The highest BCUT2D eigenvalue weighted by atomic mass is 127. The summed E-state index contributed by atoms with van der Waals surface area (Å²) in [5, 5.41) is 9.12. The number of benzene rings is 2. The lowest BCUT2D eigenvalue weighted by molar-refractivity contribution is -0.153. The Morgan fingerprint density at radius 1 is 1.16 bits per heavy atom. The van der Waals surface area contributed by atoms with Crippen molar-refractivity contribution in [2.75, 3.05) is 25.5 Å². The molecule has 2 aromatic carbocycles. The summed E-state index contributed by atoms with van der Waals surface area (Å²) >= 11 is 0. The first-order chi connectivity index (χ1) is 14.4. The number of guanidine groups is 1. The largest absolute Gasteiger partial charge is 0.484 e. The maximum atomic E-state index is 12.5. The van der Waals surface area contributed by atoms with Gasteiger partial charge in [0.05, 0.1) is 0 Å². The summed E-state index contributed by atoms with van der Waals surface area (Å²) in [7, 11) is 1.60. The Bertz CT molecular complexity index is 921. The number of para-hydroxylation sites is 2. The zero-order chi connectivity index (χ0) is 21.6. The molecule has 1 atom stereocenters. The fourth-order valence-electron chi connectivity index (χ4n) is 3.25. The molecule has 0 fully saturated rings. The van der Waals surface area contributed by atoms with E-state index >= 15 is 0 Å². The van der Waals surface area contributed by atoms with Gasteiger partial charge in [0.15, 0.2) is 12.6 Å². The van der Waals surface area contributed by atoms with Gasteiger partial charge >= 0.3 is 6.18 Å². The van der Waals surface area contributed by atoms with Crippen molar-refractivity contribution in [3.63, 3.8) is 0 Å². The highest BCUT2D eigenvalue weighted by Crippen LogP contribution is 2.31. The Hall–Kier alpha value is -2.50. The lowest BCUT2D eigenvalue weighted by atomic mass is 9.90. The number of hydrogen-bond donors (Lipinski definition) is 3. The molecule has 1 aliphatic rings. The van der Waals surface area contributed by atoms with Crippen molar-refractivity contribution in [1.82, 2.24) is 10.6 Å². The normalized spacial score (nSPS) is 15.9. The van der Waals surface area contributed by atoms with E-state index in [1.165, 1.54) is 6.07 Å². The number of ether oxygens (including phenoxy) is 1. The average molecular weight is 548 g/mol. The smallest absolute Gasteiger partial charge is 0.422 e. The predicted molar refractivity (Wildman–Crippen MR) is 124 cm³/mol. The van der Waals surface area contributed by atoms with E-state index in [1.54, 1.807) is 25.2 Å². The van der Waals surface area contributed by atoms with Crippen molar-refractivity contribution in [1.29, 1.82) is 0 Å². The predicted octanol–water partition coefficient (Wildman–Crippen LogP) is 4.04. The van der Waals surface area contributed by atoms with Gasteiger partial charge in [-0.2, -0.15) is 13.2 Å². The number of nitrogens with one attached hydrogen (secondary N) is 3. The fourth-order valence-corrected chi connectivity index (χ4v) is 3.25. The quantitative estimate of drug-likeness (QED) is 0.290. The second-order valence-electron chi connectivity index (χ2n) is 6.85. The van der Waals surface area contributed by atoms with E-state index in [2.05, 4.69) is 20.9 Å². The number of nitrogens with zero attached hydrogens (tertiary/aromatic N) is 1. The van der Waals surface area contributed by atoms with Gasteiger partial charge in [0.1, 0.15) is 5.75 Å². The van der Waals surface area contributed by atoms with Crippen LogP contribution in [0.5, 0.6) is 5.75 Å². The van der Waals surface area contributed by atoms with Gasteiger partial charge in [0.2, 0.25) is 5.91 Å². The lowest BCUT2D eigenvalue weighted by Crippen LogP contribution is -2.40. The van der Waals surface area contributed by atoms with Crippen LogP contribution in [0.1, 0.15) is 23.5 Å². The number of halogens is 4. The van der Waals surface area contributed by atoms with Crippen molar-refractivity contribution in [2.24, 2.45) is 4.99 Å². The van der Waals surface area contributed by atoms with Crippen LogP contribution in [0.4, 0.5) is 18.9 Å². The molecule has 168 valence electrons. The highest BCUT2D eigenvalue weighted by molar-refractivity contribution is 14.0. The molecule has 1 aliphatic heterocycles. The third-order valence-corrected chi connectivity index (χ3v) is 4.66. The SMILES string of the molecule is CN=C(NCc1ccccc1OCC(F)(F)F)NCC1CC(=O)Nc2ccccc21.I. The molecule has 3 N–H and O–H groups in total. The van der Waals surface area contributed by atoms with Gasteiger partial charge in [0.25, 0.3) is 0 Å². The van der Waals surface area contributed by atoms with E-state index in [-0.39, 0.29) is 48.1 Å². The molecule has 3 rings (SSSR count). The van der Waals surface area contributed by atoms with Gasteiger partial charge < -0.3 is 20.7 Å². The third-order valence-electron chi connectivity index (χ3n) is 4.66. The second kappa shape index (κ2) is 11.2. The number of carbonyl (C=O) groups excluding carboxylic acids is 1. The van der Waals surface area contributed by atoms with Gasteiger partial charge in [-0.05, 0) is 17.7 Å². The number of alkyl halides is 3. The van der Waals surface area contributed by atoms with Crippen LogP contribution >= 0.6 is 24.0 Å². The Balaban J connectivity index is 0.00000341. The molecule has 0 aromatic heterocycles. The molecular weight excluding hydrogens is 524 g/mol. The van der Waals surface area contributed by atoms with Crippen molar-refractivity contribution >= 4 is 41.5 Å². The molecule has 1 amide bonds. The summed E-state index contributed by atoms with van der Waals surface area (Å²) in [6, 6.07) is 14.2. The van der Waals surface area contributed by atoms with Crippen molar-refractivity contribution in [3.05, 3.63) is 59.7 Å². The Kier molecular flexibility index (Phi) is 8.96. The van der Waals surface area contributed by atoms with Gasteiger partial charge in [-0.3, -0.25) is 9.79 Å². The van der Waals surface area contributed by atoms with Crippen LogP contribution in [-0.4, -0.2) is 38.2 Å². The van der Waals surface area contributed by atoms with Gasteiger partial charge in [-0.15, -0.1) is 24.0 Å². The molecular formula is C21H24F3IN4O2. The van der Waals surface area contributed by atoms with Gasteiger partial charge in [0, 0.05) is 43.7 Å². The molecule has 0 saturated carbocycles. The van der Waals surface area contributed by atoms with E-state index < -0.39 is 12.8 Å². The Morgan fingerprint density at radius 3 is 2.61 bits per heavy atom. The van der Waals surface area contributed by atoms with E-state index in [9.17, 15) is 18.0 Å². The minimum Gasteiger partial charge on any atom is -0.484 e. The minimum absolute atomic E-state index is 0. The van der Waals surface area contributed by atoms with Crippen LogP contribution in [0.3, 0.4) is 0 Å². The summed E-state index contributed by atoms with van der Waals surface area (Å²) in [6.07, 6.45) is -4.05. The fraction of sp³-hybridized carbons (Fsp3) is 0.333. The van der Waals surface area contributed by atoms with Crippen molar-refractivity contribution in [2.45, 2.75) is 25.1 Å². The summed E-state index contributed by atoms with van der Waals surface area (Å²) in [4.78, 5) is 16.1. The second-order valence-corrected chi connectivity index (χ2v) is 6.85. The molecule has 1 heterocycles. The molecule has 0 bridgehead atoms. The molecule has 0 radical (unpaired) electrons. The van der Waals surface area contributed by atoms with E-state index in [1.807, 2.05) is 24.3 Å². The van der Waals surface area contributed by atoms with Crippen LogP contribution < -0.4 is 20.7 Å². The molecule has 0 saturated heterocycles. The number of hydrogen-bond acceptors (Lipinski definition) is 3. The van der Waals surface area contributed by atoms with E-state index in [4.69, 9.17) is 4.74 Å². The summed E-state index contributed by atoms with van der Waals surface area (Å²) in [5.41, 5.74) is 2.43. The number of rotatable bonds is 6.